The van der Waals surface area contributed by atoms with Crippen molar-refractivity contribution < 1.29 is 14.3 Å². The van der Waals surface area contributed by atoms with Crippen molar-refractivity contribution in [2.75, 3.05) is 7.11 Å². The van der Waals surface area contributed by atoms with Gasteiger partial charge in [0.25, 0.3) is 5.91 Å². The zero-order valence-corrected chi connectivity index (χ0v) is 6.80. The summed E-state index contributed by atoms with van der Waals surface area (Å²) < 4.78 is 4.68. The number of hydrazine groups is 1. The van der Waals surface area contributed by atoms with Gasteiger partial charge < -0.3 is 4.74 Å². The molecule has 0 aliphatic carbocycles. The van der Waals surface area contributed by atoms with Gasteiger partial charge in [-0.3, -0.25) is 20.4 Å². The molecule has 0 saturated carbocycles. The summed E-state index contributed by atoms with van der Waals surface area (Å²) in [7, 11) is 1.41. The first kappa shape index (κ1) is 9.90. The Morgan fingerprint density at radius 2 is 1.91 bits per heavy atom. The molecule has 11 heavy (non-hydrogen) atoms. The molecule has 0 bridgehead atoms. The molecule has 0 rings (SSSR count). The molecule has 0 aromatic rings. The summed E-state index contributed by atoms with van der Waals surface area (Å²) >= 11 is 0. The Balaban J connectivity index is 3.60. The third-order valence-electron chi connectivity index (χ3n) is 1.08. The van der Waals surface area contributed by atoms with Gasteiger partial charge in [-0.25, -0.2) is 0 Å². The number of rotatable bonds is 2. The quantitative estimate of drug-likeness (QED) is 0.519. The topological polar surface area (TPSA) is 67.4 Å². The van der Waals surface area contributed by atoms with Crippen molar-refractivity contribution in [1.82, 2.24) is 10.9 Å². The summed E-state index contributed by atoms with van der Waals surface area (Å²) in [6.07, 6.45) is -0.554. The maximum Gasteiger partial charge on any atom is 0.267 e. The zero-order valence-electron chi connectivity index (χ0n) is 6.80. The molecule has 0 saturated heterocycles. The molecular formula is C6H12N2O3. The average molecular weight is 160 g/mol. The summed E-state index contributed by atoms with van der Waals surface area (Å²) in [5.74, 6) is -0.690. The van der Waals surface area contributed by atoms with E-state index in [9.17, 15) is 9.59 Å². The van der Waals surface area contributed by atoms with E-state index < -0.39 is 6.10 Å². The Morgan fingerprint density at radius 3 is 2.27 bits per heavy atom. The van der Waals surface area contributed by atoms with Gasteiger partial charge >= 0.3 is 0 Å². The van der Waals surface area contributed by atoms with Crippen molar-refractivity contribution in [2.45, 2.75) is 20.0 Å². The molecular weight excluding hydrogens is 148 g/mol. The van der Waals surface area contributed by atoms with Crippen molar-refractivity contribution in [3.63, 3.8) is 0 Å². The summed E-state index contributed by atoms with van der Waals surface area (Å²) in [4.78, 5) is 21.1. The normalized spacial score (nSPS) is 11.9. The first-order valence-corrected chi connectivity index (χ1v) is 3.17. The third-order valence-corrected chi connectivity index (χ3v) is 1.08. The summed E-state index contributed by atoms with van der Waals surface area (Å²) in [6, 6.07) is 0. The number of carbonyl (C=O) groups excluding carboxylic acids is 2. The average Bonchev–Trinajstić information content (AvgIpc) is 1.98. The second kappa shape index (κ2) is 4.68. The number of nitrogens with one attached hydrogen (secondary N) is 2. The van der Waals surface area contributed by atoms with E-state index >= 15 is 0 Å². The van der Waals surface area contributed by atoms with E-state index in [2.05, 4.69) is 15.6 Å². The van der Waals surface area contributed by atoms with Crippen LogP contribution in [0.25, 0.3) is 0 Å². The Morgan fingerprint density at radius 1 is 1.36 bits per heavy atom. The van der Waals surface area contributed by atoms with E-state index in [4.69, 9.17) is 0 Å². The summed E-state index contributed by atoms with van der Waals surface area (Å²) in [5, 5.41) is 0. The predicted octanol–water partition coefficient (Wildman–Crippen LogP) is -0.811. The standard InChI is InChI=1S/C6H12N2O3/c1-4(11-3)6(10)8-7-5(2)9/h4H,1-3H3,(H,7,9)(H,8,10). The van der Waals surface area contributed by atoms with Crippen LogP contribution >= 0.6 is 0 Å². The lowest BCUT2D eigenvalue weighted by atomic mass is 10.4. The van der Waals surface area contributed by atoms with Gasteiger partial charge in [-0.15, -0.1) is 0 Å². The van der Waals surface area contributed by atoms with Crippen molar-refractivity contribution in [1.29, 1.82) is 0 Å². The minimum Gasteiger partial charge on any atom is -0.372 e. The zero-order chi connectivity index (χ0) is 8.85. The lowest BCUT2D eigenvalue weighted by molar-refractivity contribution is -0.134. The van der Waals surface area contributed by atoms with Crippen LogP contribution < -0.4 is 10.9 Å². The first-order valence-electron chi connectivity index (χ1n) is 3.17. The lowest BCUT2D eigenvalue weighted by Gasteiger charge is -2.09. The molecule has 0 aromatic carbocycles. The molecule has 0 heterocycles. The molecule has 2 amide bonds. The van der Waals surface area contributed by atoms with E-state index in [0.29, 0.717) is 0 Å². The largest absolute Gasteiger partial charge is 0.372 e. The van der Waals surface area contributed by atoms with E-state index in [1.807, 2.05) is 0 Å². The Bertz CT molecular complexity index is 158. The van der Waals surface area contributed by atoms with Gasteiger partial charge in [0.05, 0.1) is 0 Å². The van der Waals surface area contributed by atoms with Crippen molar-refractivity contribution in [2.24, 2.45) is 0 Å². The maximum atomic E-state index is 10.8. The molecule has 0 fully saturated rings. The molecule has 0 aliphatic rings. The first-order chi connectivity index (χ1) is 5.07. The van der Waals surface area contributed by atoms with Crippen LogP contribution in [0.5, 0.6) is 0 Å². The fraction of sp³-hybridized carbons (Fsp3) is 0.667. The number of methoxy groups -OCH3 is 1. The predicted molar refractivity (Wildman–Crippen MR) is 38.4 cm³/mol. The molecule has 0 aliphatic heterocycles. The van der Waals surface area contributed by atoms with E-state index in [0.717, 1.165) is 0 Å². The Hall–Kier alpha value is -1.10. The third kappa shape index (κ3) is 4.32. The number of hydrogen-bond acceptors (Lipinski definition) is 3. The molecule has 0 radical (unpaired) electrons. The highest BCUT2D eigenvalue weighted by atomic mass is 16.5. The van der Waals surface area contributed by atoms with Crippen LogP contribution in [-0.4, -0.2) is 25.0 Å². The Kier molecular flexibility index (Phi) is 4.21. The van der Waals surface area contributed by atoms with Crippen LogP contribution in [0.3, 0.4) is 0 Å². The monoisotopic (exact) mass is 160 g/mol. The second-order valence-electron chi connectivity index (χ2n) is 2.05. The van der Waals surface area contributed by atoms with E-state index in [1.54, 1.807) is 6.92 Å². The minimum atomic E-state index is -0.554. The molecule has 1 atom stereocenters. The van der Waals surface area contributed by atoms with E-state index in [-0.39, 0.29) is 11.8 Å². The number of amides is 2. The molecule has 0 aromatic heterocycles. The minimum absolute atomic E-state index is 0.318. The molecule has 64 valence electrons. The van der Waals surface area contributed by atoms with E-state index in [1.165, 1.54) is 14.0 Å². The van der Waals surface area contributed by atoms with Crippen LogP contribution in [0.15, 0.2) is 0 Å². The number of hydrogen-bond donors (Lipinski definition) is 2. The SMILES string of the molecule is COC(C)C(=O)NNC(C)=O. The smallest absolute Gasteiger partial charge is 0.267 e. The molecule has 5 heteroatoms. The second-order valence-corrected chi connectivity index (χ2v) is 2.05. The van der Waals surface area contributed by atoms with Gasteiger partial charge in [0, 0.05) is 14.0 Å². The molecule has 2 N–H and O–H groups in total. The Labute approximate surface area is 65.1 Å². The van der Waals surface area contributed by atoms with Crippen molar-refractivity contribution >= 4 is 11.8 Å². The van der Waals surface area contributed by atoms with Gasteiger partial charge in [0.15, 0.2) is 0 Å². The van der Waals surface area contributed by atoms with Crippen LogP contribution in [0, 0.1) is 0 Å². The summed E-state index contributed by atoms with van der Waals surface area (Å²) in [5.41, 5.74) is 4.31. The van der Waals surface area contributed by atoms with Crippen LogP contribution in [0.4, 0.5) is 0 Å². The van der Waals surface area contributed by atoms with Gasteiger partial charge in [0.1, 0.15) is 6.10 Å². The molecule has 0 spiro atoms. The van der Waals surface area contributed by atoms with Gasteiger partial charge in [-0.1, -0.05) is 0 Å². The lowest BCUT2D eigenvalue weighted by Crippen LogP contribution is -2.45. The van der Waals surface area contributed by atoms with Gasteiger partial charge in [-0.05, 0) is 6.92 Å². The molecule has 1 unspecified atom stereocenters. The van der Waals surface area contributed by atoms with Crippen LogP contribution in [-0.2, 0) is 14.3 Å². The number of carbonyl (C=O) groups is 2. The molecule has 5 nitrogen and oxygen atoms in total. The van der Waals surface area contributed by atoms with Crippen LogP contribution in [0.1, 0.15) is 13.8 Å². The summed E-state index contributed by atoms with van der Waals surface area (Å²) in [6.45, 7) is 2.88. The number of ether oxygens (including phenoxy) is 1. The van der Waals surface area contributed by atoms with Gasteiger partial charge in [0.2, 0.25) is 5.91 Å². The van der Waals surface area contributed by atoms with Gasteiger partial charge in [-0.2, -0.15) is 0 Å². The van der Waals surface area contributed by atoms with Crippen molar-refractivity contribution in [3.05, 3.63) is 0 Å². The van der Waals surface area contributed by atoms with Crippen LogP contribution in [0.2, 0.25) is 0 Å². The fourth-order valence-corrected chi connectivity index (χ4v) is 0.358. The fourth-order valence-electron chi connectivity index (χ4n) is 0.358. The highest BCUT2D eigenvalue weighted by molar-refractivity contribution is 5.83. The highest BCUT2D eigenvalue weighted by Gasteiger charge is 2.10. The highest BCUT2D eigenvalue weighted by Crippen LogP contribution is 1.84. The maximum absolute atomic E-state index is 10.8. The van der Waals surface area contributed by atoms with Crippen molar-refractivity contribution in [3.8, 4) is 0 Å².